The number of nitrogens with zero attached hydrogens (tertiary/aromatic N) is 2. The highest BCUT2D eigenvalue weighted by Crippen LogP contribution is 2.30. The Morgan fingerprint density at radius 3 is 2.80 bits per heavy atom. The summed E-state index contributed by atoms with van der Waals surface area (Å²) in [6.07, 6.45) is 2.65. The Labute approximate surface area is 116 Å². The van der Waals surface area contributed by atoms with Crippen LogP contribution in [-0.4, -0.2) is 39.5 Å². The van der Waals surface area contributed by atoms with E-state index in [1.165, 1.54) is 12.1 Å². The van der Waals surface area contributed by atoms with E-state index < -0.39 is 11.0 Å². The van der Waals surface area contributed by atoms with Crippen molar-refractivity contribution < 1.29 is 14.8 Å². The van der Waals surface area contributed by atoms with Crippen LogP contribution in [-0.2, 0) is 6.42 Å². The van der Waals surface area contributed by atoms with Crippen molar-refractivity contribution in [3.8, 4) is 0 Å². The smallest absolute Gasteiger partial charge is 0.270 e. The highest BCUT2D eigenvalue weighted by atomic mass is 16.6. The molecule has 106 valence electrons. The number of non-ortho nitro benzene ring substituents is 1. The van der Waals surface area contributed by atoms with Crippen molar-refractivity contribution in [2.75, 3.05) is 6.54 Å². The molecular formula is C14H16N2O4. The van der Waals surface area contributed by atoms with Gasteiger partial charge < -0.3 is 10.0 Å². The van der Waals surface area contributed by atoms with Crippen molar-refractivity contribution in [2.45, 2.75) is 37.8 Å². The van der Waals surface area contributed by atoms with Crippen LogP contribution in [0.5, 0.6) is 0 Å². The third kappa shape index (κ3) is 2.06. The second-order valence-corrected chi connectivity index (χ2v) is 5.41. The SMILES string of the molecule is O=C1c2cc([N+](=O)[O-])ccc2CCN1[C@H]1CCC[C@@H]1O. The number of carbonyl (C=O) groups excluding carboxylic acids is 1. The molecule has 0 unspecified atom stereocenters. The van der Waals surface area contributed by atoms with Crippen LogP contribution in [0.2, 0.25) is 0 Å². The fourth-order valence-corrected chi connectivity index (χ4v) is 3.19. The van der Waals surface area contributed by atoms with Crippen LogP contribution in [0.4, 0.5) is 5.69 Å². The molecular weight excluding hydrogens is 260 g/mol. The first-order valence-corrected chi connectivity index (χ1v) is 6.84. The summed E-state index contributed by atoms with van der Waals surface area (Å²) in [5.41, 5.74) is 1.19. The number of hydrogen-bond donors (Lipinski definition) is 1. The third-order valence-electron chi connectivity index (χ3n) is 4.26. The molecule has 1 N–H and O–H groups in total. The van der Waals surface area contributed by atoms with E-state index in [2.05, 4.69) is 0 Å². The zero-order chi connectivity index (χ0) is 14.3. The molecule has 2 aliphatic rings. The number of carbonyl (C=O) groups is 1. The van der Waals surface area contributed by atoms with E-state index in [1.54, 1.807) is 11.0 Å². The fourth-order valence-electron chi connectivity index (χ4n) is 3.19. The average molecular weight is 276 g/mol. The van der Waals surface area contributed by atoms with Gasteiger partial charge in [0.1, 0.15) is 0 Å². The Hall–Kier alpha value is -1.95. The van der Waals surface area contributed by atoms with E-state index in [4.69, 9.17) is 0 Å². The first-order chi connectivity index (χ1) is 9.58. The Balaban J connectivity index is 1.93. The predicted octanol–water partition coefficient (Wildman–Crippen LogP) is 1.51. The minimum Gasteiger partial charge on any atom is -0.391 e. The second-order valence-electron chi connectivity index (χ2n) is 5.41. The zero-order valence-corrected chi connectivity index (χ0v) is 11.0. The maximum absolute atomic E-state index is 12.5. The van der Waals surface area contributed by atoms with Crippen molar-refractivity contribution in [2.24, 2.45) is 0 Å². The van der Waals surface area contributed by atoms with E-state index in [0.717, 1.165) is 24.8 Å². The van der Waals surface area contributed by atoms with Crippen LogP contribution in [0.15, 0.2) is 18.2 Å². The van der Waals surface area contributed by atoms with Crippen LogP contribution in [0.25, 0.3) is 0 Å². The Kier molecular flexibility index (Phi) is 3.17. The molecule has 1 aromatic carbocycles. The molecule has 6 nitrogen and oxygen atoms in total. The topological polar surface area (TPSA) is 83.7 Å². The number of amides is 1. The second kappa shape index (κ2) is 4.86. The van der Waals surface area contributed by atoms with E-state index in [1.807, 2.05) is 0 Å². The third-order valence-corrected chi connectivity index (χ3v) is 4.26. The summed E-state index contributed by atoms with van der Waals surface area (Å²) in [6, 6.07) is 4.31. The number of fused-ring (bicyclic) bond motifs is 1. The van der Waals surface area contributed by atoms with Gasteiger partial charge in [-0.05, 0) is 31.2 Å². The van der Waals surface area contributed by atoms with E-state index in [-0.39, 0.29) is 17.6 Å². The molecule has 1 fully saturated rings. The van der Waals surface area contributed by atoms with E-state index in [0.29, 0.717) is 18.5 Å². The van der Waals surface area contributed by atoms with Crippen molar-refractivity contribution >= 4 is 11.6 Å². The van der Waals surface area contributed by atoms with Gasteiger partial charge in [-0.3, -0.25) is 14.9 Å². The lowest BCUT2D eigenvalue weighted by Gasteiger charge is -2.35. The number of aliphatic hydroxyl groups excluding tert-OH is 1. The van der Waals surface area contributed by atoms with Gasteiger partial charge in [0.05, 0.1) is 17.1 Å². The highest BCUT2D eigenvalue weighted by molar-refractivity contribution is 5.97. The Morgan fingerprint density at radius 1 is 1.35 bits per heavy atom. The molecule has 1 amide bonds. The Bertz CT molecular complexity index is 572. The lowest BCUT2D eigenvalue weighted by atomic mass is 9.96. The van der Waals surface area contributed by atoms with Crippen LogP contribution >= 0.6 is 0 Å². The average Bonchev–Trinajstić information content (AvgIpc) is 2.85. The van der Waals surface area contributed by atoms with Gasteiger partial charge in [0.15, 0.2) is 0 Å². The van der Waals surface area contributed by atoms with Gasteiger partial charge in [-0.1, -0.05) is 6.07 Å². The van der Waals surface area contributed by atoms with Gasteiger partial charge in [0, 0.05) is 24.2 Å². The number of benzene rings is 1. The molecule has 3 rings (SSSR count). The highest BCUT2D eigenvalue weighted by Gasteiger charge is 2.36. The summed E-state index contributed by atoms with van der Waals surface area (Å²) < 4.78 is 0. The number of nitro groups is 1. The van der Waals surface area contributed by atoms with Crippen molar-refractivity contribution in [3.63, 3.8) is 0 Å². The summed E-state index contributed by atoms with van der Waals surface area (Å²) in [6.45, 7) is 0.575. The quantitative estimate of drug-likeness (QED) is 0.655. The van der Waals surface area contributed by atoms with E-state index >= 15 is 0 Å². The zero-order valence-electron chi connectivity index (χ0n) is 11.0. The molecule has 1 aromatic rings. The van der Waals surface area contributed by atoms with Crippen LogP contribution in [0.3, 0.4) is 0 Å². The normalized spacial score (nSPS) is 25.6. The summed E-state index contributed by atoms with van der Waals surface area (Å²) in [4.78, 5) is 24.5. The minimum atomic E-state index is -0.489. The molecule has 1 aliphatic carbocycles. The summed E-state index contributed by atoms with van der Waals surface area (Å²) in [5.74, 6) is -0.194. The monoisotopic (exact) mass is 276 g/mol. The van der Waals surface area contributed by atoms with Crippen molar-refractivity contribution in [1.82, 2.24) is 4.90 Å². The molecule has 6 heteroatoms. The van der Waals surface area contributed by atoms with Gasteiger partial charge in [-0.15, -0.1) is 0 Å². The maximum Gasteiger partial charge on any atom is 0.270 e. The summed E-state index contributed by atoms with van der Waals surface area (Å²) in [7, 11) is 0. The molecule has 0 radical (unpaired) electrons. The Morgan fingerprint density at radius 2 is 2.15 bits per heavy atom. The summed E-state index contributed by atoms with van der Waals surface area (Å²) in [5, 5.41) is 20.8. The first-order valence-electron chi connectivity index (χ1n) is 6.84. The summed E-state index contributed by atoms with van der Waals surface area (Å²) >= 11 is 0. The maximum atomic E-state index is 12.5. The molecule has 0 aromatic heterocycles. The van der Waals surface area contributed by atoms with Gasteiger partial charge in [0.2, 0.25) is 0 Å². The molecule has 1 saturated carbocycles. The predicted molar refractivity (Wildman–Crippen MR) is 71.5 cm³/mol. The molecule has 0 spiro atoms. The van der Waals surface area contributed by atoms with Crippen molar-refractivity contribution in [3.05, 3.63) is 39.4 Å². The first kappa shape index (κ1) is 13.1. The van der Waals surface area contributed by atoms with Gasteiger partial charge in [0.25, 0.3) is 11.6 Å². The van der Waals surface area contributed by atoms with Crippen LogP contribution in [0.1, 0.15) is 35.2 Å². The van der Waals surface area contributed by atoms with Gasteiger partial charge >= 0.3 is 0 Å². The number of nitro benzene ring substituents is 1. The van der Waals surface area contributed by atoms with Crippen molar-refractivity contribution in [1.29, 1.82) is 0 Å². The molecule has 20 heavy (non-hydrogen) atoms. The lowest BCUT2D eigenvalue weighted by Crippen LogP contribution is -2.47. The molecule has 0 bridgehead atoms. The molecule has 1 aliphatic heterocycles. The fraction of sp³-hybridized carbons (Fsp3) is 0.500. The van der Waals surface area contributed by atoms with E-state index in [9.17, 15) is 20.0 Å². The van der Waals surface area contributed by atoms with Crippen LogP contribution < -0.4 is 0 Å². The molecule has 2 atom stereocenters. The number of aliphatic hydroxyl groups is 1. The molecule has 0 saturated heterocycles. The standard InChI is InChI=1S/C14H16N2O4/c17-13-3-1-2-12(13)15-7-6-9-4-5-10(16(19)20)8-11(9)14(15)18/h4-5,8,12-13,17H,1-3,6-7H2/t12-,13-/m0/s1. The number of hydrogen-bond acceptors (Lipinski definition) is 4. The van der Waals surface area contributed by atoms with Crippen LogP contribution in [0, 0.1) is 10.1 Å². The van der Waals surface area contributed by atoms with Gasteiger partial charge in [-0.25, -0.2) is 0 Å². The van der Waals surface area contributed by atoms with Gasteiger partial charge in [-0.2, -0.15) is 0 Å². The molecule has 1 heterocycles. The minimum absolute atomic E-state index is 0.0640. The lowest BCUT2D eigenvalue weighted by molar-refractivity contribution is -0.384. The number of rotatable bonds is 2. The largest absolute Gasteiger partial charge is 0.391 e.